The highest BCUT2D eigenvalue weighted by Crippen LogP contribution is 2.05. The second-order valence-corrected chi connectivity index (χ2v) is 4.16. The molecular weight excluding hydrogens is 190 g/mol. The van der Waals surface area contributed by atoms with Gasteiger partial charge in [-0.25, -0.2) is 4.98 Å². The summed E-state index contributed by atoms with van der Waals surface area (Å²) in [6, 6.07) is 0.381. The first kappa shape index (κ1) is 12.2. The molecule has 15 heavy (non-hydrogen) atoms. The van der Waals surface area contributed by atoms with Crippen LogP contribution in [0.25, 0.3) is 0 Å². The van der Waals surface area contributed by atoms with Crippen LogP contribution in [0.1, 0.15) is 25.2 Å². The van der Waals surface area contributed by atoms with Crippen LogP contribution in [0.3, 0.4) is 0 Å². The van der Waals surface area contributed by atoms with Crippen molar-refractivity contribution in [2.45, 2.75) is 33.4 Å². The molecule has 1 atom stereocenters. The van der Waals surface area contributed by atoms with Crippen LogP contribution in [-0.2, 0) is 11.3 Å². The Balaban J connectivity index is 2.43. The van der Waals surface area contributed by atoms with Crippen LogP contribution in [0, 0.1) is 12.8 Å². The Hall–Kier alpha value is -0.870. The fourth-order valence-electron chi connectivity index (χ4n) is 1.46. The third-order valence-electron chi connectivity index (χ3n) is 2.62. The molecule has 1 aromatic rings. The zero-order valence-corrected chi connectivity index (χ0v) is 10.0. The summed E-state index contributed by atoms with van der Waals surface area (Å²) in [5.41, 5.74) is 2.21. The van der Waals surface area contributed by atoms with Gasteiger partial charge in [-0.2, -0.15) is 0 Å². The summed E-state index contributed by atoms with van der Waals surface area (Å²) in [6.45, 7) is 7.94. The summed E-state index contributed by atoms with van der Waals surface area (Å²) >= 11 is 0. The summed E-state index contributed by atoms with van der Waals surface area (Å²) in [7, 11) is 1.73. The van der Waals surface area contributed by atoms with E-state index in [1.807, 2.05) is 6.92 Å². The van der Waals surface area contributed by atoms with Gasteiger partial charge in [0.2, 0.25) is 0 Å². The lowest BCUT2D eigenvalue weighted by Crippen LogP contribution is -2.37. The number of methoxy groups -OCH3 is 1. The smallest absolute Gasteiger partial charge is 0.0925 e. The Bertz CT molecular complexity index is 283. The van der Waals surface area contributed by atoms with E-state index in [0.29, 0.717) is 12.0 Å². The molecule has 1 unspecified atom stereocenters. The summed E-state index contributed by atoms with van der Waals surface area (Å²) < 4.78 is 5.17. The lowest BCUT2D eigenvalue weighted by molar-refractivity contribution is 0.146. The van der Waals surface area contributed by atoms with Gasteiger partial charge in [-0.05, 0) is 12.8 Å². The molecule has 0 aromatic carbocycles. The highest BCUT2D eigenvalue weighted by Gasteiger charge is 2.13. The number of aromatic amines is 1. The summed E-state index contributed by atoms with van der Waals surface area (Å²) in [4.78, 5) is 7.32. The summed E-state index contributed by atoms with van der Waals surface area (Å²) in [5.74, 6) is 0.559. The van der Waals surface area contributed by atoms with E-state index in [0.717, 1.165) is 24.5 Å². The molecule has 0 aliphatic rings. The van der Waals surface area contributed by atoms with E-state index in [2.05, 4.69) is 29.1 Å². The van der Waals surface area contributed by atoms with Gasteiger partial charge in [-0.15, -0.1) is 0 Å². The van der Waals surface area contributed by atoms with Gasteiger partial charge in [0.05, 0.1) is 18.6 Å². The van der Waals surface area contributed by atoms with Crippen molar-refractivity contribution in [2.75, 3.05) is 13.7 Å². The van der Waals surface area contributed by atoms with E-state index in [9.17, 15) is 0 Å². The van der Waals surface area contributed by atoms with Crippen molar-refractivity contribution >= 4 is 0 Å². The number of aryl methyl sites for hydroxylation is 1. The summed E-state index contributed by atoms with van der Waals surface area (Å²) in [6.07, 6.45) is 1.73. The fourth-order valence-corrected chi connectivity index (χ4v) is 1.46. The lowest BCUT2D eigenvalue weighted by atomic mass is 10.1. The molecule has 1 heterocycles. The third-order valence-corrected chi connectivity index (χ3v) is 2.62. The quantitative estimate of drug-likeness (QED) is 0.749. The minimum Gasteiger partial charge on any atom is -0.383 e. The predicted molar refractivity (Wildman–Crippen MR) is 60.7 cm³/mol. The molecule has 0 fully saturated rings. The highest BCUT2D eigenvalue weighted by atomic mass is 16.5. The zero-order chi connectivity index (χ0) is 11.3. The largest absolute Gasteiger partial charge is 0.383 e. The standard InChI is InChI=1S/C11H21N3O/c1-8(2)11(6-15-4)12-5-10-9(3)13-7-14-10/h7-8,11-12H,5-6H2,1-4H3,(H,13,14). The normalized spacial score (nSPS) is 13.4. The molecule has 0 amide bonds. The maximum Gasteiger partial charge on any atom is 0.0925 e. The Kier molecular flexibility index (Phi) is 4.78. The molecule has 0 bridgehead atoms. The topological polar surface area (TPSA) is 49.9 Å². The van der Waals surface area contributed by atoms with Crippen molar-refractivity contribution < 1.29 is 4.74 Å². The van der Waals surface area contributed by atoms with E-state index in [-0.39, 0.29) is 0 Å². The van der Waals surface area contributed by atoms with Crippen molar-refractivity contribution in [2.24, 2.45) is 5.92 Å². The second kappa shape index (κ2) is 5.88. The first-order valence-electron chi connectivity index (χ1n) is 5.36. The van der Waals surface area contributed by atoms with E-state index >= 15 is 0 Å². The number of H-pyrrole nitrogens is 1. The Morgan fingerprint density at radius 1 is 1.53 bits per heavy atom. The molecule has 4 nitrogen and oxygen atoms in total. The van der Waals surface area contributed by atoms with Crippen LogP contribution in [0.5, 0.6) is 0 Å². The molecule has 0 saturated carbocycles. The van der Waals surface area contributed by atoms with Crippen LogP contribution in [0.2, 0.25) is 0 Å². The molecule has 86 valence electrons. The molecular formula is C11H21N3O. The van der Waals surface area contributed by atoms with Gasteiger partial charge in [-0.1, -0.05) is 13.8 Å². The van der Waals surface area contributed by atoms with Crippen molar-refractivity contribution in [1.82, 2.24) is 15.3 Å². The van der Waals surface area contributed by atoms with Crippen LogP contribution >= 0.6 is 0 Å². The van der Waals surface area contributed by atoms with Gasteiger partial charge in [0.25, 0.3) is 0 Å². The van der Waals surface area contributed by atoms with Gasteiger partial charge >= 0.3 is 0 Å². The van der Waals surface area contributed by atoms with Gasteiger partial charge in [0.15, 0.2) is 0 Å². The number of nitrogens with one attached hydrogen (secondary N) is 2. The lowest BCUT2D eigenvalue weighted by Gasteiger charge is -2.21. The molecule has 1 rings (SSSR count). The van der Waals surface area contributed by atoms with Crippen LogP contribution in [0.4, 0.5) is 0 Å². The predicted octanol–water partition coefficient (Wildman–Crippen LogP) is 1.48. The number of imidazole rings is 1. The van der Waals surface area contributed by atoms with Gasteiger partial charge in [-0.3, -0.25) is 0 Å². The second-order valence-electron chi connectivity index (χ2n) is 4.16. The van der Waals surface area contributed by atoms with Crippen LogP contribution in [-0.4, -0.2) is 29.7 Å². The Morgan fingerprint density at radius 3 is 2.73 bits per heavy atom. The summed E-state index contributed by atoms with van der Waals surface area (Å²) in [5, 5.41) is 3.46. The fraction of sp³-hybridized carbons (Fsp3) is 0.727. The third kappa shape index (κ3) is 3.64. The SMILES string of the molecule is COCC(NCc1nc[nH]c1C)C(C)C. The highest BCUT2D eigenvalue weighted by molar-refractivity contribution is 5.08. The minimum atomic E-state index is 0.381. The molecule has 0 spiro atoms. The van der Waals surface area contributed by atoms with Gasteiger partial charge < -0.3 is 15.0 Å². The number of rotatable bonds is 6. The molecule has 2 N–H and O–H groups in total. The van der Waals surface area contributed by atoms with Crippen molar-refractivity contribution in [3.05, 3.63) is 17.7 Å². The maximum atomic E-state index is 5.17. The van der Waals surface area contributed by atoms with Crippen molar-refractivity contribution in [3.8, 4) is 0 Å². The van der Waals surface area contributed by atoms with Crippen LogP contribution in [0.15, 0.2) is 6.33 Å². The molecule has 0 aliphatic carbocycles. The van der Waals surface area contributed by atoms with Crippen molar-refractivity contribution in [1.29, 1.82) is 0 Å². The number of nitrogens with zero attached hydrogens (tertiary/aromatic N) is 1. The molecule has 0 aliphatic heterocycles. The molecule has 4 heteroatoms. The Labute approximate surface area is 91.4 Å². The Morgan fingerprint density at radius 2 is 2.27 bits per heavy atom. The van der Waals surface area contributed by atoms with E-state index in [1.165, 1.54) is 0 Å². The van der Waals surface area contributed by atoms with Gasteiger partial charge in [0, 0.05) is 25.4 Å². The van der Waals surface area contributed by atoms with Crippen molar-refractivity contribution in [3.63, 3.8) is 0 Å². The van der Waals surface area contributed by atoms with E-state index in [1.54, 1.807) is 13.4 Å². The van der Waals surface area contributed by atoms with Gasteiger partial charge in [0.1, 0.15) is 0 Å². The maximum absolute atomic E-state index is 5.17. The molecule has 1 aromatic heterocycles. The number of aromatic nitrogens is 2. The average molecular weight is 211 g/mol. The minimum absolute atomic E-state index is 0.381. The molecule has 0 saturated heterocycles. The average Bonchev–Trinajstić information content (AvgIpc) is 2.58. The van der Waals surface area contributed by atoms with E-state index < -0.39 is 0 Å². The first-order valence-corrected chi connectivity index (χ1v) is 5.36. The number of ether oxygens (including phenoxy) is 1. The van der Waals surface area contributed by atoms with Crippen LogP contribution < -0.4 is 5.32 Å². The monoisotopic (exact) mass is 211 g/mol. The van der Waals surface area contributed by atoms with E-state index in [4.69, 9.17) is 4.74 Å². The molecule has 0 radical (unpaired) electrons. The zero-order valence-electron chi connectivity index (χ0n) is 10.0. The number of hydrogen-bond acceptors (Lipinski definition) is 3. The first-order chi connectivity index (χ1) is 7.15. The number of hydrogen-bond donors (Lipinski definition) is 2.